The normalized spacial score (nSPS) is 13.2. The third-order valence-electron chi connectivity index (χ3n) is 1.80. The summed E-state index contributed by atoms with van der Waals surface area (Å²) in [5.74, 6) is 2.53. The molecule has 13 heavy (non-hydrogen) atoms. The third kappa shape index (κ3) is 12.6. The van der Waals surface area contributed by atoms with Crippen LogP contribution in [-0.4, -0.2) is 30.0 Å². The number of hydrogen-bond donors (Lipinski definition) is 1. The van der Waals surface area contributed by atoms with Gasteiger partial charge in [-0.3, -0.25) is 0 Å². The van der Waals surface area contributed by atoms with Crippen molar-refractivity contribution in [3.63, 3.8) is 0 Å². The molecule has 80 valence electrons. The van der Waals surface area contributed by atoms with Gasteiger partial charge in [0.2, 0.25) is 0 Å². The van der Waals surface area contributed by atoms with E-state index in [2.05, 4.69) is 19.2 Å². The van der Waals surface area contributed by atoms with E-state index in [-0.39, 0.29) is 0 Å². The number of thioether (sulfide) groups is 1. The van der Waals surface area contributed by atoms with Crippen molar-refractivity contribution in [3.05, 3.63) is 0 Å². The van der Waals surface area contributed by atoms with Crippen molar-refractivity contribution < 1.29 is 0 Å². The van der Waals surface area contributed by atoms with Crippen molar-refractivity contribution in [2.75, 3.05) is 24.6 Å². The van der Waals surface area contributed by atoms with E-state index in [1.165, 1.54) is 24.3 Å². The molecule has 1 atom stereocenters. The zero-order chi connectivity index (χ0) is 9.94. The van der Waals surface area contributed by atoms with Gasteiger partial charge < -0.3 is 5.32 Å². The fourth-order valence-electron chi connectivity index (χ4n) is 1.08. The van der Waals surface area contributed by atoms with E-state index >= 15 is 0 Å². The summed E-state index contributed by atoms with van der Waals surface area (Å²) in [6.07, 6.45) is 3.61. The van der Waals surface area contributed by atoms with E-state index in [0.717, 1.165) is 19.5 Å². The molecule has 0 rings (SSSR count). The van der Waals surface area contributed by atoms with Crippen LogP contribution in [0.15, 0.2) is 0 Å². The van der Waals surface area contributed by atoms with Crippen molar-refractivity contribution in [2.24, 2.45) is 0 Å². The van der Waals surface area contributed by atoms with Crippen LogP contribution in [0.2, 0.25) is 0 Å². The van der Waals surface area contributed by atoms with Crippen molar-refractivity contribution >= 4 is 23.4 Å². The molecular formula is C10H22ClNS. The van der Waals surface area contributed by atoms with Gasteiger partial charge in [0, 0.05) is 5.38 Å². The molecule has 0 aromatic carbocycles. The molecule has 1 N–H and O–H groups in total. The van der Waals surface area contributed by atoms with Crippen molar-refractivity contribution in [2.45, 2.75) is 38.5 Å². The number of alkyl halides is 1. The molecule has 0 spiro atoms. The Balaban J connectivity index is 2.84. The van der Waals surface area contributed by atoms with E-state index in [1.807, 2.05) is 11.8 Å². The molecule has 0 aromatic rings. The Labute approximate surface area is 92.0 Å². The first-order chi connectivity index (χ1) is 6.27. The molecular weight excluding hydrogens is 202 g/mol. The first-order valence-corrected chi connectivity index (χ1v) is 6.79. The summed E-state index contributed by atoms with van der Waals surface area (Å²) in [6, 6.07) is 0. The molecule has 0 aliphatic heterocycles. The van der Waals surface area contributed by atoms with E-state index in [4.69, 9.17) is 11.6 Å². The number of nitrogens with one attached hydrogen (secondary N) is 1. The van der Waals surface area contributed by atoms with Crippen LogP contribution in [0.4, 0.5) is 0 Å². The van der Waals surface area contributed by atoms with Crippen molar-refractivity contribution in [1.29, 1.82) is 0 Å². The minimum Gasteiger partial charge on any atom is -0.317 e. The second-order valence-corrected chi connectivity index (χ2v) is 5.36. The topological polar surface area (TPSA) is 12.0 Å². The summed E-state index contributed by atoms with van der Waals surface area (Å²) in [7, 11) is 0. The van der Waals surface area contributed by atoms with Crippen LogP contribution in [0.1, 0.15) is 33.1 Å². The summed E-state index contributed by atoms with van der Waals surface area (Å²) in [6.45, 7) is 6.54. The highest BCUT2D eigenvalue weighted by Crippen LogP contribution is 2.02. The molecule has 1 nitrogen and oxygen atoms in total. The molecule has 0 radical (unpaired) electrons. The van der Waals surface area contributed by atoms with Gasteiger partial charge in [-0.2, -0.15) is 11.8 Å². The van der Waals surface area contributed by atoms with Gasteiger partial charge >= 0.3 is 0 Å². The highest BCUT2D eigenvalue weighted by atomic mass is 35.5. The summed E-state index contributed by atoms with van der Waals surface area (Å²) >= 11 is 7.84. The average Bonchev–Trinajstić information content (AvgIpc) is 2.09. The van der Waals surface area contributed by atoms with Gasteiger partial charge in [-0.05, 0) is 50.8 Å². The van der Waals surface area contributed by atoms with Crippen LogP contribution in [0.3, 0.4) is 0 Å². The van der Waals surface area contributed by atoms with Gasteiger partial charge in [-0.1, -0.05) is 6.92 Å². The van der Waals surface area contributed by atoms with Gasteiger partial charge in [0.15, 0.2) is 0 Å². The maximum atomic E-state index is 5.83. The van der Waals surface area contributed by atoms with Gasteiger partial charge in [-0.15, -0.1) is 11.6 Å². The predicted octanol–water partition coefficient (Wildman–Crippen LogP) is 3.13. The van der Waals surface area contributed by atoms with Crippen LogP contribution in [0, 0.1) is 0 Å². The van der Waals surface area contributed by atoms with Crippen LogP contribution in [0.25, 0.3) is 0 Å². The Morgan fingerprint density at radius 1 is 1.31 bits per heavy atom. The monoisotopic (exact) mass is 223 g/mol. The lowest BCUT2D eigenvalue weighted by molar-refractivity contribution is 0.615. The molecule has 0 saturated heterocycles. The van der Waals surface area contributed by atoms with Gasteiger partial charge in [0.1, 0.15) is 0 Å². The highest BCUT2D eigenvalue weighted by Gasteiger charge is 1.94. The third-order valence-corrected chi connectivity index (χ3v) is 3.01. The molecule has 0 heterocycles. The zero-order valence-corrected chi connectivity index (χ0v) is 10.4. The van der Waals surface area contributed by atoms with E-state index < -0.39 is 0 Å². The lowest BCUT2D eigenvalue weighted by Gasteiger charge is -2.05. The Morgan fingerprint density at radius 2 is 2.00 bits per heavy atom. The van der Waals surface area contributed by atoms with Crippen molar-refractivity contribution in [1.82, 2.24) is 5.32 Å². The molecule has 0 aromatic heterocycles. The molecule has 0 bridgehead atoms. The largest absolute Gasteiger partial charge is 0.317 e. The predicted molar refractivity (Wildman–Crippen MR) is 65.0 cm³/mol. The second kappa shape index (κ2) is 10.7. The van der Waals surface area contributed by atoms with Crippen LogP contribution < -0.4 is 5.32 Å². The lowest BCUT2D eigenvalue weighted by Crippen LogP contribution is -2.17. The lowest BCUT2D eigenvalue weighted by atomic mass is 10.2. The molecule has 0 saturated carbocycles. The second-order valence-electron chi connectivity index (χ2n) is 3.22. The molecule has 0 aliphatic carbocycles. The van der Waals surface area contributed by atoms with Crippen molar-refractivity contribution in [3.8, 4) is 0 Å². The minimum atomic E-state index is 0.331. The molecule has 3 heteroatoms. The maximum absolute atomic E-state index is 5.83. The van der Waals surface area contributed by atoms with Gasteiger partial charge in [0.25, 0.3) is 0 Å². The van der Waals surface area contributed by atoms with Crippen LogP contribution in [-0.2, 0) is 0 Å². The van der Waals surface area contributed by atoms with Crippen LogP contribution in [0.5, 0.6) is 0 Å². The summed E-state index contributed by atoms with van der Waals surface area (Å²) < 4.78 is 0. The SMILES string of the molecule is CCSCCCNCCCC(C)Cl. The summed E-state index contributed by atoms with van der Waals surface area (Å²) in [5, 5.41) is 3.76. The highest BCUT2D eigenvalue weighted by molar-refractivity contribution is 7.99. The molecule has 0 aliphatic rings. The fraction of sp³-hybridized carbons (Fsp3) is 1.00. The maximum Gasteiger partial charge on any atom is 0.0308 e. The molecule has 0 amide bonds. The first-order valence-electron chi connectivity index (χ1n) is 5.20. The quantitative estimate of drug-likeness (QED) is 0.476. The van der Waals surface area contributed by atoms with Gasteiger partial charge in [-0.25, -0.2) is 0 Å². The Hall–Kier alpha value is 0.600. The average molecular weight is 224 g/mol. The van der Waals surface area contributed by atoms with E-state index in [9.17, 15) is 0 Å². The van der Waals surface area contributed by atoms with E-state index in [0.29, 0.717) is 5.38 Å². The zero-order valence-electron chi connectivity index (χ0n) is 8.81. The standard InChI is InChI=1S/C10H22ClNS/c1-3-13-9-5-8-12-7-4-6-10(2)11/h10,12H,3-9H2,1-2H3. The Morgan fingerprint density at radius 3 is 2.62 bits per heavy atom. The van der Waals surface area contributed by atoms with Gasteiger partial charge in [0.05, 0.1) is 0 Å². The van der Waals surface area contributed by atoms with Crippen LogP contribution >= 0.6 is 23.4 Å². The Kier molecular flexibility index (Phi) is 11.2. The number of halogens is 1. The van der Waals surface area contributed by atoms with E-state index in [1.54, 1.807) is 0 Å². The Bertz CT molecular complexity index is 98.9. The fourth-order valence-corrected chi connectivity index (χ4v) is 1.87. The molecule has 0 fully saturated rings. The summed E-state index contributed by atoms with van der Waals surface area (Å²) in [4.78, 5) is 0. The smallest absolute Gasteiger partial charge is 0.0308 e. The molecule has 1 unspecified atom stereocenters. The number of hydrogen-bond acceptors (Lipinski definition) is 2. The first kappa shape index (κ1) is 13.6. The summed E-state index contributed by atoms with van der Waals surface area (Å²) in [5.41, 5.74) is 0. The minimum absolute atomic E-state index is 0.331. The number of rotatable bonds is 9.